The molecule has 5 heteroatoms. The van der Waals surface area contributed by atoms with Gasteiger partial charge in [-0.15, -0.1) is 0 Å². The predicted octanol–water partition coefficient (Wildman–Crippen LogP) is 0.363. The Morgan fingerprint density at radius 3 is 2.80 bits per heavy atom. The molecule has 0 saturated heterocycles. The standard InChI is InChI=1S/C10H15N3O2/c1-10(2,6-14)13-8-5-3-4-7(12-8)9(11)15/h3-5,14H,6H2,1-2H3,(H2,11,15)(H,12,13). The van der Waals surface area contributed by atoms with Crippen LogP contribution in [0.3, 0.4) is 0 Å². The lowest BCUT2D eigenvalue weighted by atomic mass is 10.1. The minimum absolute atomic E-state index is 0.0323. The van der Waals surface area contributed by atoms with Gasteiger partial charge in [-0.25, -0.2) is 4.98 Å². The van der Waals surface area contributed by atoms with Crippen molar-refractivity contribution in [2.45, 2.75) is 19.4 Å². The number of nitrogens with zero attached hydrogens (tertiary/aromatic N) is 1. The zero-order valence-corrected chi connectivity index (χ0v) is 8.82. The molecule has 0 saturated carbocycles. The van der Waals surface area contributed by atoms with Gasteiger partial charge in [0.25, 0.3) is 5.91 Å². The van der Waals surface area contributed by atoms with E-state index in [0.717, 1.165) is 0 Å². The molecule has 1 rings (SSSR count). The van der Waals surface area contributed by atoms with Crippen molar-refractivity contribution in [1.29, 1.82) is 0 Å². The zero-order chi connectivity index (χ0) is 11.5. The van der Waals surface area contributed by atoms with Gasteiger partial charge in [-0.3, -0.25) is 4.79 Å². The summed E-state index contributed by atoms with van der Waals surface area (Å²) in [5.41, 5.74) is 4.82. The van der Waals surface area contributed by atoms with Crippen LogP contribution in [0.2, 0.25) is 0 Å². The molecule has 1 aromatic rings. The molecule has 4 N–H and O–H groups in total. The number of aliphatic hydroxyl groups is 1. The highest BCUT2D eigenvalue weighted by molar-refractivity contribution is 5.91. The van der Waals surface area contributed by atoms with Crippen LogP contribution in [0.15, 0.2) is 18.2 Å². The molecule has 1 aromatic heterocycles. The molecule has 0 atom stereocenters. The summed E-state index contributed by atoms with van der Waals surface area (Å²) in [4.78, 5) is 14.9. The first kappa shape index (κ1) is 11.5. The van der Waals surface area contributed by atoms with E-state index in [4.69, 9.17) is 10.8 Å². The molecule has 5 nitrogen and oxygen atoms in total. The van der Waals surface area contributed by atoms with Gasteiger partial charge in [0.2, 0.25) is 0 Å². The summed E-state index contributed by atoms with van der Waals surface area (Å²) >= 11 is 0. The van der Waals surface area contributed by atoms with E-state index in [2.05, 4.69) is 10.3 Å². The molecule has 82 valence electrons. The van der Waals surface area contributed by atoms with Gasteiger partial charge >= 0.3 is 0 Å². The van der Waals surface area contributed by atoms with Gasteiger partial charge in [-0.1, -0.05) is 6.07 Å². The molecule has 0 aliphatic carbocycles. The van der Waals surface area contributed by atoms with Crippen molar-refractivity contribution in [1.82, 2.24) is 4.98 Å². The van der Waals surface area contributed by atoms with Gasteiger partial charge in [-0.05, 0) is 26.0 Å². The maximum atomic E-state index is 10.9. The monoisotopic (exact) mass is 209 g/mol. The Hall–Kier alpha value is -1.62. The minimum Gasteiger partial charge on any atom is -0.394 e. The summed E-state index contributed by atoms with van der Waals surface area (Å²) in [6, 6.07) is 4.94. The average molecular weight is 209 g/mol. The Morgan fingerprint density at radius 2 is 2.27 bits per heavy atom. The number of anilines is 1. The summed E-state index contributed by atoms with van der Waals surface area (Å²) in [6.07, 6.45) is 0. The highest BCUT2D eigenvalue weighted by Gasteiger charge is 2.16. The fourth-order valence-electron chi connectivity index (χ4n) is 1.03. The summed E-state index contributed by atoms with van der Waals surface area (Å²) in [7, 11) is 0. The molecule has 0 aliphatic rings. The third-order valence-corrected chi connectivity index (χ3v) is 1.86. The Kier molecular flexibility index (Phi) is 3.26. The van der Waals surface area contributed by atoms with Gasteiger partial charge in [0.05, 0.1) is 12.1 Å². The lowest BCUT2D eigenvalue weighted by Gasteiger charge is -2.24. The molecule has 0 fully saturated rings. The van der Waals surface area contributed by atoms with E-state index < -0.39 is 11.4 Å². The van der Waals surface area contributed by atoms with Gasteiger partial charge in [0, 0.05) is 0 Å². The fraction of sp³-hybridized carbons (Fsp3) is 0.400. The van der Waals surface area contributed by atoms with Crippen LogP contribution < -0.4 is 11.1 Å². The summed E-state index contributed by atoms with van der Waals surface area (Å²) in [6.45, 7) is 3.62. The molecule has 0 aliphatic heterocycles. The van der Waals surface area contributed by atoms with Crippen LogP contribution in [0.25, 0.3) is 0 Å². The fourth-order valence-corrected chi connectivity index (χ4v) is 1.03. The first-order chi connectivity index (χ1) is 6.94. The van der Waals surface area contributed by atoms with Crippen LogP contribution >= 0.6 is 0 Å². The van der Waals surface area contributed by atoms with E-state index in [-0.39, 0.29) is 12.3 Å². The summed E-state index contributed by atoms with van der Waals surface area (Å²) in [5.74, 6) is -0.0502. The van der Waals surface area contributed by atoms with Crippen molar-refractivity contribution in [3.8, 4) is 0 Å². The quantitative estimate of drug-likeness (QED) is 0.668. The van der Waals surface area contributed by atoms with Crippen LogP contribution in [-0.4, -0.2) is 28.1 Å². The largest absolute Gasteiger partial charge is 0.394 e. The third-order valence-electron chi connectivity index (χ3n) is 1.86. The number of nitrogens with one attached hydrogen (secondary N) is 1. The molecule has 0 spiro atoms. The number of hydrogen-bond acceptors (Lipinski definition) is 4. The summed E-state index contributed by atoms with van der Waals surface area (Å²) in [5, 5.41) is 12.0. The van der Waals surface area contributed by atoms with Crippen molar-refractivity contribution in [2.24, 2.45) is 5.73 Å². The van der Waals surface area contributed by atoms with Crippen LogP contribution in [0.5, 0.6) is 0 Å². The number of aromatic nitrogens is 1. The molecule has 1 heterocycles. The normalized spacial score (nSPS) is 11.1. The number of rotatable bonds is 4. The average Bonchev–Trinajstić information content (AvgIpc) is 2.17. The lowest BCUT2D eigenvalue weighted by molar-refractivity contribution is 0.0995. The van der Waals surface area contributed by atoms with Crippen molar-refractivity contribution in [2.75, 3.05) is 11.9 Å². The maximum absolute atomic E-state index is 10.9. The minimum atomic E-state index is -0.569. The van der Waals surface area contributed by atoms with Crippen LogP contribution in [0, 0.1) is 0 Å². The number of aliphatic hydroxyl groups excluding tert-OH is 1. The zero-order valence-electron chi connectivity index (χ0n) is 8.82. The van der Waals surface area contributed by atoms with Crippen LogP contribution in [0.4, 0.5) is 5.82 Å². The smallest absolute Gasteiger partial charge is 0.267 e. The van der Waals surface area contributed by atoms with E-state index in [1.54, 1.807) is 18.2 Å². The lowest BCUT2D eigenvalue weighted by Crippen LogP contribution is -2.35. The van der Waals surface area contributed by atoms with Crippen molar-refractivity contribution < 1.29 is 9.90 Å². The first-order valence-electron chi connectivity index (χ1n) is 4.60. The molecule has 0 bridgehead atoms. The van der Waals surface area contributed by atoms with E-state index >= 15 is 0 Å². The number of carbonyl (C=O) groups is 1. The Morgan fingerprint density at radius 1 is 1.60 bits per heavy atom. The molecule has 0 unspecified atom stereocenters. The number of pyridine rings is 1. The molecule has 15 heavy (non-hydrogen) atoms. The molecular weight excluding hydrogens is 194 g/mol. The number of carbonyl (C=O) groups excluding carboxylic acids is 1. The Bertz CT molecular complexity index is 363. The topological polar surface area (TPSA) is 88.2 Å². The second-order valence-electron chi connectivity index (χ2n) is 3.94. The van der Waals surface area contributed by atoms with E-state index in [1.165, 1.54) is 0 Å². The van der Waals surface area contributed by atoms with Gasteiger partial charge in [0.15, 0.2) is 0 Å². The number of amides is 1. The molecule has 0 aromatic carbocycles. The predicted molar refractivity (Wildman–Crippen MR) is 57.5 cm³/mol. The van der Waals surface area contributed by atoms with Crippen molar-refractivity contribution in [3.05, 3.63) is 23.9 Å². The molecule has 1 amide bonds. The number of hydrogen-bond donors (Lipinski definition) is 3. The van der Waals surface area contributed by atoms with Crippen LogP contribution in [0.1, 0.15) is 24.3 Å². The van der Waals surface area contributed by atoms with Crippen LogP contribution in [-0.2, 0) is 0 Å². The van der Waals surface area contributed by atoms with E-state index in [9.17, 15) is 4.79 Å². The second-order valence-corrected chi connectivity index (χ2v) is 3.94. The van der Waals surface area contributed by atoms with Crippen molar-refractivity contribution >= 4 is 11.7 Å². The first-order valence-corrected chi connectivity index (χ1v) is 4.60. The van der Waals surface area contributed by atoms with Gasteiger partial charge in [0.1, 0.15) is 11.5 Å². The Labute approximate surface area is 88.3 Å². The molecular formula is C10H15N3O2. The van der Waals surface area contributed by atoms with Crippen molar-refractivity contribution in [3.63, 3.8) is 0 Å². The van der Waals surface area contributed by atoms with Gasteiger partial charge < -0.3 is 16.2 Å². The maximum Gasteiger partial charge on any atom is 0.267 e. The highest BCUT2D eigenvalue weighted by atomic mass is 16.3. The Balaban J connectivity index is 2.87. The number of nitrogens with two attached hydrogens (primary N) is 1. The van der Waals surface area contributed by atoms with E-state index in [0.29, 0.717) is 5.82 Å². The molecule has 0 radical (unpaired) electrons. The van der Waals surface area contributed by atoms with Gasteiger partial charge in [-0.2, -0.15) is 0 Å². The van der Waals surface area contributed by atoms with E-state index in [1.807, 2.05) is 13.8 Å². The SMILES string of the molecule is CC(C)(CO)Nc1cccc(C(N)=O)n1. The summed E-state index contributed by atoms with van der Waals surface area (Å²) < 4.78 is 0. The number of primary amides is 1. The third kappa shape index (κ3) is 3.21. The second kappa shape index (κ2) is 4.27. The highest BCUT2D eigenvalue weighted by Crippen LogP contribution is 2.12.